The molecule has 0 aromatic heterocycles. The van der Waals surface area contributed by atoms with Crippen molar-refractivity contribution in [1.29, 1.82) is 0 Å². The molecule has 1 N–H and O–H groups in total. The van der Waals surface area contributed by atoms with Crippen LogP contribution in [0.2, 0.25) is 5.02 Å². The van der Waals surface area contributed by atoms with E-state index in [9.17, 15) is 9.59 Å². The number of carbonyl (C=O) groups is 2. The zero-order valence-electron chi connectivity index (χ0n) is 13.2. The Hall–Kier alpha value is -1.98. The van der Waals surface area contributed by atoms with Crippen LogP contribution in [0.1, 0.15) is 12.0 Å². The minimum absolute atomic E-state index is 0.0328. The second-order valence-corrected chi connectivity index (χ2v) is 7.01. The van der Waals surface area contributed by atoms with E-state index in [0.29, 0.717) is 23.0 Å². The van der Waals surface area contributed by atoms with E-state index in [1.165, 1.54) is 11.8 Å². The van der Waals surface area contributed by atoms with Gasteiger partial charge in [0.15, 0.2) is 0 Å². The lowest BCUT2D eigenvalue weighted by molar-refractivity contribution is -0.117. The van der Waals surface area contributed by atoms with Crippen molar-refractivity contribution in [2.45, 2.75) is 18.2 Å². The van der Waals surface area contributed by atoms with E-state index >= 15 is 0 Å². The topological polar surface area (TPSA) is 49.4 Å². The van der Waals surface area contributed by atoms with Crippen molar-refractivity contribution in [2.24, 2.45) is 0 Å². The third kappa shape index (κ3) is 3.74. The summed E-state index contributed by atoms with van der Waals surface area (Å²) in [5.41, 5.74) is 2.53. The van der Waals surface area contributed by atoms with E-state index in [1.807, 2.05) is 37.3 Å². The number of rotatable bonds is 4. The molecule has 6 heteroatoms. The van der Waals surface area contributed by atoms with Crippen molar-refractivity contribution in [2.75, 3.05) is 22.5 Å². The average Bonchev–Trinajstić information content (AvgIpc) is 2.57. The Morgan fingerprint density at radius 3 is 2.92 bits per heavy atom. The van der Waals surface area contributed by atoms with Gasteiger partial charge in [-0.1, -0.05) is 29.8 Å². The van der Waals surface area contributed by atoms with Crippen molar-refractivity contribution < 1.29 is 9.59 Å². The van der Waals surface area contributed by atoms with Crippen LogP contribution in [0.25, 0.3) is 0 Å². The number of halogens is 1. The maximum Gasteiger partial charge on any atom is 0.237 e. The van der Waals surface area contributed by atoms with Gasteiger partial charge in [-0.2, -0.15) is 0 Å². The monoisotopic (exact) mass is 360 g/mol. The third-order valence-corrected chi connectivity index (χ3v) is 5.13. The molecule has 0 unspecified atom stereocenters. The number of amides is 2. The van der Waals surface area contributed by atoms with Gasteiger partial charge in [0, 0.05) is 28.6 Å². The smallest absolute Gasteiger partial charge is 0.237 e. The summed E-state index contributed by atoms with van der Waals surface area (Å²) < 4.78 is 0. The number of aryl methyl sites for hydroxylation is 1. The molecule has 0 aliphatic carbocycles. The van der Waals surface area contributed by atoms with E-state index in [-0.39, 0.29) is 18.2 Å². The number of fused-ring (bicyclic) bond motifs is 1. The maximum absolute atomic E-state index is 12.2. The number of carbonyl (C=O) groups excluding carboxylic acids is 2. The molecule has 0 saturated carbocycles. The summed E-state index contributed by atoms with van der Waals surface area (Å²) in [6.07, 6.45) is 0.233. The Bertz CT molecular complexity index is 794. The van der Waals surface area contributed by atoms with Gasteiger partial charge >= 0.3 is 0 Å². The van der Waals surface area contributed by atoms with Crippen LogP contribution < -0.4 is 10.2 Å². The number of hydrogen-bond donors (Lipinski definition) is 1. The second-order valence-electron chi connectivity index (χ2n) is 5.56. The normalized spacial score (nSPS) is 13.6. The molecule has 1 heterocycles. The molecule has 2 aromatic rings. The van der Waals surface area contributed by atoms with Crippen molar-refractivity contribution >= 4 is 46.6 Å². The summed E-state index contributed by atoms with van der Waals surface area (Å²) in [6.45, 7) is 2.27. The van der Waals surface area contributed by atoms with Crippen LogP contribution in [-0.2, 0) is 9.59 Å². The molecular formula is C18H17ClN2O2S. The molecule has 0 spiro atoms. The van der Waals surface area contributed by atoms with E-state index < -0.39 is 0 Å². The standard InChI is InChI=1S/C18H17ClN2O2S/c1-12-6-7-13(19)10-14(12)20-17(22)8-9-21-15-4-2-3-5-16(15)24-11-18(21)23/h2-7,10H,8-9,11H2,1H3,(H,20,22). The van der Waals surface area contributed by atoms with Crippen LogP contribution in [0.3, 0.4) is 0 Å². The Morgan fingerprint density at radius 1 is 1.29 bits per heavy atom. The van der Waals surface area contributed by atoms with Crippen LogP contribution in [-0.4, -0.2) is 24.1 Å². The third-order valence-electron chi connectivity index (χ3n) is 3.84. The van der Waals surface area contributed by atoms with E-state index in [1.54, 1.807) is 17.0 Å². The molecule has 2 aromatic carbocycles. The lowest BCUT2D eigenvalue weighted by atomic mass is 10.2. The van der Waals surface area contributed by atoms with Crippen LogP contribution >= 0.6 is 23.4 Å². The highest BCUT2D eigenvalue weighted by atomic mass is 35.5. The second kappa shape index (κ2) is 7.28. The zero-order chi connectivity index (χ0) is 17.1. The van der Waals surface area contributed by atoms with Gasteiger partial charge in [0.05, 0.1) is 11.4 Å². The predicted octanol–water partition coefficient (Wildman–Crippen LogP) is 4.12. The molecule has 0 radical (unpaired) electrons. The number of benzene rings is 2. The summed E-state index contributed by atoms with van der Waals surface area (Å²) in [5.74, 6) is 0.306. The van der Waals surface area contributed by atoms with Gasteiger partial charge < -0.3 is 10.2 Å². The SMILES string of the molecule is Cc1ccc(Cl)cc1NC(=O)CCN1C(=O)CSc2ccccc21. The molecule has 2 amide bonds. The van der Waals surface area contributed by atoms with Gasteiger partial charge in [0.2, 0.25) is 11.8 Å². The predicted molar refractivity (Wildman–Crippen MR) is 99.0 cm³/mol. The number of para-hydroxylation sites is 1. The number of thioether (sulfide) groups is 1. The summed E-state index contributed by atoms with van der Waals surface area (Å²) >= 11 is 7.50. The molecule has 0 saturated heterocycles. The van der Waals surface area contributed by atoms with E-state index in [4.69, 9.17) is 11.6 Å². The van der Waals surface area contributed by atoms with Crippen molar-refractivity contribution in [3.8, 4) is 0 Å². The first-order valence-electron chi connectivity index (χ1n) is 7.63. The van der Waals surface area contributed by atoms with Crippen LogP contribution in [0.15, 0.2) is 47.4 Å². The van der Waals surface area contributed by atoms with E-state index in [0.717, 1.165) is 16.1 Å². The van der Waals surface area contributed by atoms with Crippen molar-refractivity contribution in [3.63, 3.8) is 0 Å². The molecular weight excluding hydrogens is 344 g/mol. The summed E-state index contributed by atoms with van der Waals surface area (Å²) in [7, 11) is 0. The average molecular weight is 361 g/mol. The zero-order valence-corrected chi connectivity index (χ0v) is 14.8. The molecule has 0 bridgehead atoms. The first-order chi connectivity index (χ1) is 11.5. The fraction of sp³-hybridized carbons (Fsp3) is 0.222. The van der Waals surface area contributed by atoms with Gasteiger partial charge in [0.25, 0.3) is 0 Å². The lowest BCUT2D eigenvalue weighted by Crippen LogP contribution is -2.37. The van der Waals surface area contributed by atoms with Crippen molar-refractivity contribution in [3.05, 3.63) is 53.1 Å². The molecule has 1 aliphatic heterocycles. The number of anilines is 2. The lowest BCUT2D eigenvalue weighted by Gasteiger charge is -2.28. The largest absolute Gasteiger partial charge is 0.326 e. The first kappa shape index (κ1) is 16.9. The van der Waals surface area contributed by atoms with Crippen LogP contribution in [0.5, 0.6) is 0 Å². The number of nitrogens with zero attached hydrogens (tertiary/aromatic N) is 1. The number of nitrogens with one attached hydrogen (secondary N) is 1. The molecule has 1 aliphatic rings. The minimum Gasteiger partial charge on any atom is -0.326 e. The Labute approximate surface area is 150 Å². The molecule has 24 heavy (non-hydrogen) atoms. The van der Waals surface area contributed by atoms with Gasteiger partial charge in [-0.15, -0.1) is 11.8 Å². The summed E-state index contributed by atoms with van der Waals surface area (Å²) in [4.78, 5) is 27.2. The summed E-state index contributed by atoms with van der Waals surface area (Å²) in [6, 6.07) is 13.1. The Kier molecular flexibility index (Phi) is 5.11. The quantitative estimate of drug-likeness (QED) is 0.892. The van der Waals surface area contributed by atoms with Gasteiger partial charge in [-0.3, -0.25) is 9.59 Å². The van der Waals surface area contributed by atoms with Crippen LogP contribution in [0, 0.1) is 6.92 Å². The Morgan fingerprint density at radius 2 is 2.08 bits per heavy atom. The fourth-order valence-corrected chi connectivity index (χ4v) is 3.66. The number of hydrogen-bond acceptors (Lipinski definition) is 3. The van der Waals surface area contributed by atoms with Gasteiger partial charge in [0.1, 0.15) is 0 Å². The fourth-order valence-electron chi connectivity index (χ4n) is 2.55. The van der Waals surface area contributed by atoms with Gasteiger partial charge in [-0.05, 0) is 36.8 Å². The van der Waals surface area contributed by atoms with Crippen molar-refractivity contribution in [1.82, 2.24) is 0 Å². The summed E-state index contributed by atoms with van der Waals surface area (Å²) in [5, 5.41) is 3.44. The van der Waals surface area contributed by atoms with Gasteiger partial charge in [-0.25, -0.2) is 0 Å². The highest BCUT2D eigenvalue weighted by Gasteiger charge is 2.24. The van der Waals surface area contributed by atoms with E-state index in [2.05, 4.69) is 5.32 Å². The highest BCUT2D eigenvalue weighted by Crippen LogP contribution is 2.34. The molecule has 0 fully saturated rings. The Balaban J connectivity index is 1.66. The molecule has 3 rings (SSSR count). The minimum atomic E-state index is -0.135. The molecule has 4 nitrogen and oxygen atoms in total. The van der Waals surface area contributed by atoms with Crippen LogP contribution in [0.4, 0.5) is 11.4 Å². The first-order valence-corrected chi connectivity index (χ1v) is 8.99. The molecule has 124 valence electrons. The highest BCUT2D eigenvalue weighted by molar-refractivity contribution is 8.00. The maximum atomic E-state index is 12.2. The molecule has 0 atom stereocenters.